The molecular weight excluding hydrogens is 162 g/mol. The first-order valence-corrected chi connectivity index (χ1v) is 4.19. The molecule has 1 aromatic heterocycles. The number of aromatic nitrogens is 1. The Morgan fingerprint density at radius 3 is 2.62 bits per heavy atom. The topological polar surface area (TPSA) is 36.0 Å². The van der Waals surface area contributed by atoms with Crippen LogP contribution >= 0.6 is 0 Å². The predicted octanol–water partition coefficient (Wildman–Crippen LogP) is 2.70. The number of hydrogen-bond acceptors (Lipinski definition) is 1. The fourth-order valence-corrected chi connectivity index (χ4v) is 1.43. The maximum atomic E-state index is 9.38. The van der Waals surface area contributed by atoms with Gasteiger partial charge < -0.3 is 10.1 Å². The molecule has 0 unspecified atom stereocenters. The number of aromatic hydroxyl groups is 1. The molecule has 2 nitrogen and oxygen atoms in total. The zero-order valence-electron chi connectivity index (χ0n) is 7.41. The molecule has 66 valence electrons. The van der Waals surface area contributed by atoms with Crippen molar-refractivity contribution in [2.75, 3.05) is 0 Å². The molecule has 2 heteroatoms. The average Bonchev–Trinajstić information content (AvgIpc) is 2.53. The fourth-order valence-electron chi connectivity index (χ4n) is 1.43. The highest BCUT2D eigenvalue weighted by molar-refractivity contribution is 5.65. The molecule has 13 heavy (non-hydrogen) atoms. The van der Waals surface area contributed by atoms with E-state index in [0.717, 1.165) is 16.7 Å². The molecule has 1 aromatic carbocycles. The van der Waals surface area contributed by atoms with Gasteiger partial charge in [0, 0.05) is 12.4 Å². The summed E-state index contributed by atoms with van der Waals surface area (Å²) in [7, 11) is 0. The molecule has 0 aliphatic rings. The number of H-pyrrole nitrogens is 1. The van der Waals surface area contributed by atoms with Gasteiger partial charge in [-0.15, -0.1) is 0 Å². The minimum Gasteiger partial charge on any atom is -0.508 e. The van der Waals surface area contributed by atoms with Gasteiger partial charge >= 0.3 is 0 Å². The number of rotatable bonds is 1. The van der Waals surface area contributed by atoms with Crippen LogP contribution in [0.2, 0.25) is 0 Å². The quantitative estimate of drug-likeness (QED) is 0.683. The van der Waals surface area contributed by atoms with Crippen LogP contribution in [0.25, 0.3) is 11.1 Å². The van der Waals surface area contributed by atoms with Crippen LogP contribution in [0.3, 0.4) is 0 Å². The molecule has 1 heterocycles. The van der Waals surface area contributed by atoms with Gasteiger partial charge in [-0.05, 0) is 41.8 Å². The van der Waals surface area contributed by atoms with Crippen LogP contribution in [0, 0.1) is 6.92 Å². The second-order valence-corrected chi connectivity index (χ2v) is 3.16. The van der Waals surface area contributed by atoms with E-state index in [2.05, 4.69) is 4.98 Å². The summed E-state index contributed by atoms with van der Waals surface area (Å²) in [4.78, 5) is 2.99. The molecule has 2 aromatic rings. The molecule has 0 aliphatic heterocycles. The largest absolute Gasteiger partial charge is 0.508 e. The standard InChI is InChI=1S/C11H11NO/c1-8-4-10(6-11(13)5-8)9-2-3-12-7-9/h2-7,12-13H,1H3. The number of aryl methyl sites for hydroxylation is 1. The van der Waals surface area contributed by atoms with E-state index in [1.807, 2.05) is 31.5 Å². The molecule has 0 spiro atoms. The van der Waals surface area contributed by atoms with Gasteiger partial charge in [0.2, 0.25) is 0 Å². The lowest BCUT2D eigenvalue weighted by molar-refractivity contribution is 0.475. The van der Waals surface area contributed by atoms with Crippen molar-refractivity contribution in [3.05, 3.63) is 42.2 Å². The fraction of sp³-hybridized carbons (Fsp3) is 0.0909. The molecule has 2 N–H and O–H groups in total. The Morgan fingerprint density at radius 2 is 2.00 bits per heavy atom. The minimum absolute atomic E-state index is 0.316. The van der Waals surface area contributed by atoms with Gasteiger partial charge in [0.1, 0.15) is 5.75 Å². The van der Waals surface area contributed by atoms with E-state index in [9.17, 15) is 5.11 Å². The van der Waals surface area contributed by atoms with Crippen LogP contribution < -0.4 is 0 Å². The van der Waals surface area contributed by atoms with E-state index >= 15 is 0 Å². The van der Waals surface area contributed by atoms with E-state index in [0.29, 0.717) is 5.75 Å². The first-order chi connectivity index (χ1) is 6.25. The number of nitrogens with one attached hydrogen (secondary N) is 1. The maximum absolute atomic E-state index is 9.38. The Kier molecular flexibility index (Phi) is 1.81. The first-order valence-electron chi connectivity index (χ1n) is 4.19. The lowest BCUT2D eigenvalue weighted by atomic mass is 10.1. The normalized spacial score (nSPS) is 10.2. The van der Waals surface area contributed by atoms with E-state index in [1.165, 1.54) is 0 Å². The SMILES string of the molecule is Cc1cc(O)cc(-c2cc[nH]c2)c1. The summed E-state index contributed by atoms with van der Waals surface area (Å²) in [5, 5.41) is 9.38. The molecule has 0 saturated heterocycles. The summed E-state index contributed by atoms with van der Waals surface area (Å²) in [6.45, 7) is 1.97. The third-order valence-corrected chi connectivity index (χ3v) is 1.99. The second kappa shape index (κ2) is 2.98. The molecule has 0 fully saturated rings. The highest BCUT2D eigenvalue weighted by Gasteiger charge is 1.99. The average molecular weight is 173 g/mol. The zero-order chi connectivity index (χ0) is 9.26. The van der Waals surface area contributed by atoms with Crippen molar-refractivity contribution in [3.8, 4) is 16.9 Å². The summed E-state index contributed by atoms with van der Waals surface area (Å²) in [5.74, 6) is 0.316. The highest BCUT2D eigenvalue weighted by Crippen LogP contribution is 2.24. The van der Waals surface area contributed by atoms with Crippen LogP contribution in [-0.2, 0) is 0 Å². The lowest BCUT2D eigenvalue weighted by Crippen LogP contribution is -1.77. The van der Waals surface area contributed by atoms with Crippen molar-refractivity contribution in [3.63, 3.8) is 0 Å². The Labute approximate surface area is 76.9 Å². The predicted molar refractivity (Wildman–Crippen MR) is 52.6 cm³/mol. The van der Waals surface area contributed by atoms with Crippen LogP contribution in [0.4, 0.5) is 0 Å². The molecule has 0 bridgehead atoms. The Morgan fingerprint density at radius 1 is 1.15 bits per heavy atom. The lowest BCUT2D eigenvalue weighted by Gasteiger charge is -2.01. The van der Waals surface area contributed by atoms with Crippen molar-refractivity contribution < 1.29 is 5.11 Å². The maximum Gasteiger partial charge on any atom is 0.116 e. The van der Waals surface area contributed by atoms with Crippen molar-refractivity contribution in [1.82, 2.24) is 4.98 Å². The third-order valence-electron chi connectivity index (χ3n) is 1.99. The molecule has 0 saturated carbocycles. The molecular formula is C11H11NO. The van der Waals surface area contributed by atoms with Gasteiger partial charge in [-0.25, -0.2) is 0 Å². The molecule has 0 atom stereocenters. The third kappa shape index (κ3) is 1.56. The molecule has 0 amide bonds. The molecule has 0 aliphatic carbocycles. The summed E-state index contributed by atoms with van der Waals surface area (Å²) in [6, 6.07) is 7.53. The van der Waals surface area contributed by atoms with Crippen molar-refractivity contribution >= 4 is 0 Å². The van der Waals surface area contributed by atoms with Crippen LogP contribution in [0.15, 0.2) is 36.7 Å². The van der Waals surface area contributed by atoms with E-state index < -0.39 is 0 Å². The van der Waals surface area contributed by atoms with Crippen molar-refractivity contribution in [2.45, 2.75) is 6.92 Å². The van der Waals surface area contributed by atoms with Gasteiger partial charge in [-0.1, -0.05) is 6.07 Å². The number of hydrogen-bond donors (Lipinski definition) is 2. The summed E-state index contributed by atoms with van der Waals surface area (Å²) in [5.41, 5.74) is 3.20. The highest BCUT2D eigenvalue weighted by atomic mass is 16.3. The number of phenolic OH excluding ortho intramolecular Hbond substituents is 1. The first kappa shape index (κ1) is 7.92. The van der Waals surface area contributed by atoms with E-state index in [1.54, 1.807) is 12.1 Å². The van der Waals surface area contributed by atoms with Crippen molar-refractivity contribution in [2.24, 2.45) is 0 Å². The van der Waals surface area contributed by atoms with Gasteiger partial charge in [0.25, 0.3) is 0 Å². The van der Waals surface area contributed by atoms with Gasteiger partial charge in [0.05, 0.1) is 0 Å². The minimum atomic E-state index is 0.316. The monoisotopic (exact) mass is 173 g/mol. The number of aromatic amines is 1. The smallest absolute Gasteiger partial charge is 0.116 e. The van der Waals surface area contributed by atoms with Crippen molar-refractivity contribution in [1.29, 1.82) is 0 Å². The Hall–Kier alpha value is -1.70. The van der Waals surface area contributed by atoms with Crippen LogP contribution in [0.1, 0.15) is 5.56 Å². The van der Waals surface area contributed by atoms with Gasteiger partial charge in [0.15, 0.2) is 0 Å². The molecule has 2 rings (SSSR count). The van der Waals surface area contributed by atoms with Gasteiger partial charge in [-0.2, -0.15) is 0 Å². The zero-order valence-corrected chi connectivity index (χ0v) is 7.41. The van der Waals surface area contributed by atoms with Crippen LogP contribution in [0.5, 0.6) is 5.75 Å². The van der Waals surface area contributed by atoms with E-state index in [-0.39, 0.29) is 0 Å². The Bertz CT molecular complexity index is 384. The Balaban J connectivity index is 2.53. The van der Waals surface area contributed by atoms with Crippen LogP contribution in [-0.4, -0.2) is 10.1 Å². The summed E-state index contributed by atoms with van der Waals surface area (Å²) >= 11 is 0. The number of benzene rings is 1. The molecule has 0 radical (unpaired) electrons. The van der Waals surface area contributed by atoms with E-state index in [4.69, 9.17) is 0 Å². The number of phenols is 1. The summed E-state index contributed by atoms with van der Waals surface area (Å²) in [6.07, 6.45) is 3.78. The van der Waals surface area contributed by atoms with Gasteiger partial charge in [-0.3, -0.25) is 0 Å². The second-order valence-electron chi connectivity index (χ2n) is 3.16. The summed E-state index contributed by atoms with van der Waals surface area (Å²) < 4.78 is 0.